The van der Waals surface area contributed by atoms with Crippen molar-refractivity contribution >= 4 is 21.6 Å². The predicted octanol–water partition coefficient (Wildman–Crippen LogP) is 3.23. The van der Waals surface area contributed by atoms with Crippen molar-refractivity contribution in [1.29, 1.82) is 0 Å². The number of aliphatic hydroxyl groups is 2. The van der Waals surface area contributed by atoms with Crippen LogP contribution in [0.2, 0.25) is 0 Å². The van der Waals surface area contributed by atoms with Crippen molar-refractivity contribution in [3.8, 4) is 11.5 Å². The van der Waals surface area contributed by atoms with Gasteiger partial charge in [0.1, 0.15) is 24.7 Å². The molecule has 0 saturated heterocycles. The van der Waals surface area contributed by atoms with Gasteiger partial charge in [0, 0.05) is 9.79 Å². The van der Waals surface area contributed by atoms with E-state index in [4.69, 9.17) is 19.7 Å². The lowest BCUT2D eigenvalue weighted by molar-refractivity contribution is 0.201. The monoisotopic (exact) mass is 338 g/mol. The maximum Gasteiger partial charge on any atom is 0.119 e. The van der Waals surface area contributed by atoms with E-state index in [-0.39, 0.29) is 13.2 Å². The third kappa shape index (κ3) is 5.81. The van der Waals surface area contributed by atoms with Crippen LogP contribution in [0.25, 0.3) is 0 Å². The van der Waals surface area contributed by atoms with Gasteiger partial charge >= 0.3 is 0 Å². The van der Waals surface area contributed by atoms with Crippen LogP contribution < -0.4 is 9.47 Å². The largest absolute Gasteiger partial charge is 0.491 e. The number of hydrogen-bond acceptors (Lipinski definition) is 6. The van der Waals surface area contributed by atoms with E-state index in [1.165, 1.54) is 0 Å². The molecule has 2 aromatic carbocycles. The van der Waals surface area contributed by atoms with E-state index in [1.807, 2.05) is 48.5 Å². The normalized spacial score (nSPS) is 10.5. The molecule has 2 rings (SSSR count). The van der Waals surface area contributed by atoms with Crippen molar-refractivity contribution < 1.29 is 19.7 Å². The Morgan fingerprint density at radius 3 is 1.32 bits per heavy atom. The first kappa shape index (κ1) is 17.0. The maximum absolute atomic E-state index is 8.71. The van der Waals surface area contributed by atoms with Crippen LogP contribution in [0.5, 0.6) is 11.5 Å². The van der Waals surface area contributed by atoms with Crippen molar-refractivity contribution in [2.75, 3.05) is 26.4 Å². The quantitative estimate of drug-likeness (QED) is 0.685. The number of aliphatic hydroxyl groups excluding tert-OH is 2. The summed E-state index contributed by atoms with van der Waals surface area (Å²) in [7, 11) is 3.32. The fourth-order valence-electron chi connectivity index (χ4n) is 1.61. The van der Waals surface area contributed by atoms with Crippen LogP contribution in [0.4, 0.5) is 0 Å². The number of rotatable bonds is 9. The topological polar surface area (TPSA) is 58.9 Å². The summed E-state index contributed by atoms with van der Waals surface area (Å²) in [4.78, 5) is 2.25. The van der Waals surface area contributed by atoms with Gasteiger partial charge in [-0.25, -0.2) is 0 Å². The molecule has 0 bridgehead atoms. The van der Waals surface area contributed by atoms with Gasteiger partial charge in [0.15, 0.2) is 0 Å². The molecule has 22 heavy (non-hydrogen) atoms. The van der Waals surface area contributed by atoms with Crippen LogP contribution in [-0.4, -0.2) is 36.6 Å². The van der Waals surface area contributed by atoms with Crippen LogP contribution in [0.15, 0.2) is 58.3 Å². The summed E-state index contributed by atoms with van der Waals surface area (Å²) in [6.45, 7) is 0.659. The smallest absolute Gasteiger partial charge is 0.119 e. The molecule has 2 aromatic rings. The van der Waals surface area contributed by atoms with E-state index in [0.717, 1.165) is 21.3 Å². The molecule has 0 aliphatic rings. The molecule has 0 spiro atoms. The van der Waals surface area contributed by atoms with Crippen molar-refractivity contribution in [2.45, 2.75) is 9.79 Å². The van der Waals surface area contributed by atoms with E-state index in [2.05, 4.69) is 0 Å². The van der Waals surface area contributed by atoms with Gasteiger partial charge in [-0.05, 0) is 48.5 Å². The molecule has 2 N–H and O–H groups in total. The molecule has 0 radical (unpaired) electrons. The zero-order valence-corrected chi connectivity index (χ0v) is 13.6. The molecular formula is C16H18O4S2. The molecule has 0 saturated carbocycles. The van der Waals surface area contributed by atoms with E-state index in [0.29, 0.717) is 13.2 Å². The average Bonchev–Trinajstić information content (AvgIpc) is 2.58. The molecule has 0 fully saturated rings. The number of benzene rings is 2. The van der Waals surface area contributed by atoms with Gasteiger partial charge in [0.05, 0.1) is 13.2 Å². The summed E-state index contributed by atoms with van der Waals surface area (Å²) in [5.74, 6) is 1.52. The van der Waals surface area contributed by atoms with Gasteiger partial charge < -0.3 is 19.7 Å². The fourth-order valence-corrected chi connectivity index (χ4v) is 3.54. The molecule has 4 nitrogen and oxygen atoms in total. The second kappa shape index (κ2) is 9.63. The summed E-state index contributed by atoms with van der Waals surface area (Å²) < 4.78 is 10.6. The Morgan fingerprint density at radius 2 is 1.00 bits per heavy atom. The Bertz CT molecular complexity index is 492. The molecule has 118 valence electrons. The van der Waals surface area contributed by atoms with Gasteiger partial charge in [0.2, 0.25) is 0 Å². The Balaban J connectivity index is 1.81. The lowest BCUT2D eigenvalue weighted by Gasteiger charge is -2.06. The minimum Gasteiger partial charge on any atom is -0.491 e. The van der Waals surface area contributed by atoms with E-state index in [9.17, 15) is 0 Å². The predicted molar refractivity (Wildman–Crippen MR) is 89.8 cm³/mol. The molecule has 0 aliphatic heterocycles. The Labute approximate surface area is 137 Å². The molecule has 6 heteroatoms. The SMILES string of the molecule is OCCOc1ccc(SSc2ccc(OCCO)cc2)cc1. The molecule has 0 heterocycles. The lowest BCUT2D eigenvalue weighted by atomic mass is 10.3. The van der Waals surface area contributed by atoms with E-state index >= 15 is 0 Å². The van der Waals surface area contributed by atoms with Gasteiger partial charge in [-0.2, -0.15) is 0 Å². The Kier molecular flexibility index (Phi) is 7.45. The van der Waals surface area contributed by atoms with Crippen molar-refractivity contribution in [3.63, 3.8) is 0 Å². The second-order valence-corrected chi connectivity index (χ2v) is 6.53. The average molecular weight is 338 g/mol. The first-order valence-corrected chi connectivity index (χ1v) is 8.99. The van der Waals surface area contributed by atoms with E-state index in [1.54, 1.807) is 21.6 Å². The molecule has 0 aliphatic carbocycles. The zero-order valence-electron chi connectivity index (χ0n) is 12.0. The van der Waals surface area contributed by atoms with E-state index < -0.39 is 0 Å². The molecule has 0 atom stereocenters. The summed E-state index contributed by atoms with van der Waals surface area (Å²) in [6.07, 6.45) is 0. The summed E-state index contributed by atoms with van der Waals surface area (Å²) in [6, 6.07) is 15.5. The van der Waals surface area contributed by atoms with Gasteiger partial charge in [-0.1, -0.05) is 21.6 Å². The first-order valence-electron chi connectivity index (χ1n) is 6.84. The zero-order chi connectivity index (χ0) is 15.6. The molecule has 0 aromatic heterocycles. The van der Waals surface area contributed by atoms with Gasteiger partial charge in [-0.15, -0.1) is 0 Å². The van der Waals surface area contributed by atoms with Gasteiger partial charge in [0.25, 0.3) is 0 Å². The Morgan fingerprint density at radius 1 is 0.636 bits per heavy atom. The highest BCUT2D eigenvalue weighted by Gasteiger charge is 2.00. The Hall–Kier alpha value is -1.34. The summed E-state index contributed by atoms with van der Waals surface area (Å²) in [5.41, 5.74) is 0. The molecular weight excluding hydrogens is 320 g/mol. The van der Waals surface area contributed by atoms with Crippen molar-refractivity contribution in [3.05, 3.63) is 48.5 Å². The highest BCUT2D eigenvalue weighted by molar-refractivity contribution is 8.76. The highest BCUT2D eigenvalue weighted by atomic mass is 33.1. The van der Waals surface area contributed by atoms with Crippen LogP contribution in [0.3, 0.4) is 0 Å². The summed E-state index contributed by atoms with van der Waals surface area (Å²) in [5, 5.41) is 17.4. The van der Waals surface area contributed by atoms with Crippen molar-refractivity contribution in [2.24, 2.45) is 0 Å². The fraction of sp³-hybridized carbons (Fsp3) is 0.250. The minimum atomic E-state index is 0.0182. The summed E-state index contributed by atoms with van der Waals surface area (Å²) >= 11 is 0. The van der Waals surface area contributed by atoms with Crippen LogP contribution in [0, 0.1) is 0 Å². The first-order chi connectivity index (χ1) is 10.8. The highest BCUT2D eigenvalue weighted by Crippen LogP contribution is 2.38. The molecule has 0 unspecified atom stereocenters. The van der Waals surface area contributed by atoms with Crippen LogP contribution >= 0.6 is 21.6 Å². The minimum absolute atomic E-state index is 0.0182. The third-order valence-corrected chi connectivity index (χ3v) is 5.02. The third-order valence-electron chi connectivity index (χ3n) is 2.60. The number of ether oxygens (including phenoxy) is 2. The van der Waals surface area contributed by atoms with Crippen LogP contribution in [-0.2, 0) is 0 Å². The number of hydrogen-bond donors (Lipinski definition) is 2. The standard InChI is InChI=1S/C16H18O4S2/c17-9-11-19-13-1-5-15(6-2-13)21-22-16-7-3-14(4-8-16)20-12-10-18/h1-8,17-18H,9-12H2. The second-order valence-electron chi connectivity index (χ2n) is 4.25. The van der Waals surface area contributed by atoms with Crippen molar-refractivity contribution in [1.82, 2.24) is 0 Å². The van der Waals surface area contributed by atoms with Crippen LogP contribution in [0.1, 0.15) is 0 Å². The van der Waals surface area contributed by atoms with Gasteiger partial charge in [-0.3, -0.25) is 0 Å². The lowest BCUT2D eigenvalue weighted by Crippen LogP contribution is -2.01. The molecule has 0 amide bonds. The maximum atomic E-state index is 8.71.